The highest BCUT2D eigenvalue weighted by Gasteiger charge is 2.38. The number of aromatic nitrogens is 2. The highest BCUT2D eigenvalue weighted by atomic mass is 16.6. The molecule has 1 aromatic carbocycles. The van der Waals surface area contributed by atoms with Crippen LogP contribution in [0.2, 0.25) is 0 Å². The topological polar surface area (TPSA) is 99.9 Å². The van der Waals surface area contributed by atoms with Crippen LogP contribution in [-0.2, 0) is 0 Å². The Morgan fingerprint density at radius 1 is 1.24 bits per heavy atom. The zero-order valence-electron chi connectivity index (χ0n) is 22.5. The van der Waals surface area contributed by atoms with Gasteiger partial charge in [-0.15, -0.1) is 0 Å². The van der Waals surface area contributed by atoms with Crippen LogP contribution in [0.15, 0.2) is 54.0 Å². The third-order valence-corrected chi connectivity index (χ3v) is 7.44. The molecule has 1 saturated heterocycles. The molecule has 1 fully saturated rings. The summed E-state index contributed by atoms with van der Waals surface area (Å²) in [6, 6.07) is 5.17. The number of methoxy groups -OCH3 is 1. The molecule has 1 aromatic heterocycles. The molecule has 1 atom stereocenters. The Balaban J connectivity index is 1.48. The molecule has 1 unspecified atom stereocenters. The second-order valence-electron chi connectivity index (χ2n) is 10.2. The summed E-state index contributed by atoms with van der Waals surface area (Å²) in [6.45, 7) is 2.44. The molecular formula is C28H35N7O3. The van der Waals surface area contributed by atoms with Gasteiger partial charge in [0.2, 0.25) is 5.95 Å². The lowest BCUT2D eigenvalue weighted by atomic mass is 9.89. The van der Waals surface area contributed by atoms with Gasteiger partial charge in [-0.1, -0.05) is 12.2 Å². The number of nitro groups is 1. The third kappa shape index (κ3) is 4.96. The van der Waals surface area contributed by atoms with Gasteiger partial charge in [-0.25, -0.2) is 9.97 Å². The fourth-order valence-corrected chi connectivity index (χ4v) is 5.52. The number of nitrogens with one attached hydrogen (secondary N) is 1. The van der Waals surface area contributed by atoms with Gasteiger partial charge in [0, 0.05) is 67.9 Å². The Kier molecular flexibility index (Phi) is 7.33. The lowest BCUT2D eigenvalue weighted by molar-refractivity contribution is -0.384. The molecular weight excluding hydrogens is 482 g/mol. The van der Waals surface area contributed by atoms with Crippen LogP contribution in [0.3, 0.4) is 0 Å². The van der Waals surface area contributed by atoms with Crippen molar-refractivity contribution in [1.82, 2.24) is 19.8 Å². The highest BCUT2D eigenvalue weighted by Crippen LogP contribution is 2.48. The summed E-state index contributed by atoms with van der Waals surface area (Å²) >= 11 is 0. The number of likely N-dealkylation sites (N-methyl/N-ethyl adjacent to an activating group) is 2. The van der Waals surface area contributed by atoms with Gasteiger partial charge in [-0.3, -0.25) is 10.1 Å². The van der Waals surface area contributed by atoms with Gasteiger partial charge in [-0.05, 0) is 51.9 Å². The SMILES string of the molecule is COc1cc(N(C)CCN(C)C)c([N+](=O)[O-])cc1Nc1nccc(C2=C3CCCCN3C3=CC=CCC32)n1. The molecule has 0 bridgehead atoms. The van der Waals surface area contributed by atoms with Crippen molar-refractivity contribution in [1.29, 1.82) is 0 Å². The van der Waals surface area contributed by atoms with Crippen molar-refractivity contribution in [2.75, 3.05) is 58.1 Å². The van der Waals surface area contributed by atoms with E-state index in [0.717, 1.165) is 31.6 Å². The minimum atomic E-state index is -0.365. The van der Waals surface area contributed by atoms with Crippen molar-refractivity contribution in [3.63, 3.8) is 0 Å². The molecule has 1 aliphatic carbocycles. The molecule has 0 amide bonds. The normalized spacial score (nSPS) is 18.3. The van der Waals surface area contributed by atoms with Crippen molar-refractivity contribution in [2.45, 2.75) is 25.7 Å². The standard InChI is InChI=1S/C28H35N7O3/c1-32(2)15-16-33(3)24-18-26(38-4)21(17-25(24)35(36)37)31-28-29-13-12-20(30-28)27-19-9-5-6-10-22(19)34-14-8-7-11-23(27)34/h5-6,10,12-13,17-19H,7-9,11,14-16H2,1-4H3,(H,29,30,31). The molecule has 0 spiro atoms. The van der Waals surface area contributed by atoms with E-state index in [1.54, 1.807) is 19.4 Å². The third-order valence-electron chi connectivity index (χ3n) is 7.44. The number of piperidine rings is 1. The summed E-state index contributed by atoms with van der Waals surface area (Å²) in [6.07, 6.45) is 12.7. The number of allylic oxidation sites excluding steroid dienone is 5. The Labute approximate surface area is 223 Å². The number of nitrogens with zero attached hydrogens (tertiary/aromatic N) is 6. The minimum absolute atomic E-state index is 0.00643. The van der Waals surface area contributed by atoms with Crippen LogP contribution in [0.25, 0.3) is 5.57 Å². The van der Waals surface area contributed by atoms with Gasteiger partial charge in [0.1, 0.15) is 11.4 Å². The summed E-state index contributed by atoms with van der Waals surface area (Å²) in [4.78, 5) is 27.4. The monoisotopic (exact) mass is 517 g/mol. The van der Waals surface area contributed by atoms with Crippen LogP contribution in [0, 0.1) is 16.0 Å². The van der Waals surface area contributed by atoms with E-state index in [2.05, 4.69) is 33.4 Å². The summed E-state index contributed by atoms with van der Waals surface area (Å²) in [5, 5.41) is 15.2. The highest BCUT2D eigenvalue weighted by molar-refractivity contribution is 5.78. The first-order chi connectivity index (χ1) is 18.4. The van der Waals surface area contributed by atoms with Crippen LogP contribution in [-0.4, -0.2) is 72.6 Å². The zero-order valence-corrected chi connectivity index (χ0v) is 22.5. The minimum Gasteiger partial charge on any atom is -0.494 e. The molecule has 10 heteroatoms. The van der Waals surface area contributed by atoms with E-state index in [1.807, 2.05) is 37.0 Å². The van der Waals surface area contributed by atoms with Crippen molar-refractivity contribution < 1.29 is 9.66 Å². The molecule has 0 radical (unpaired) electrons. The maximum absolute atomic E-state index is 12.0. The predicted octanol–water partition coefficient (Wildman–Crippen LogP) is 4.81. The molecule has 3 aliphatic rings. The summed E-state index contributed by atoms with van der Waals surface area (Å²) in [5.74, 6) is 1.16. The molecule has 2 aliphatic heterocycles. The van der Waals surface area contributed by atoms with E-state index in [9.17, 15) is 10.1 Å². The number of nitro benzene ring substituents is 1. The van der Waals surface area contributed by atoms with E-state index in [0.29, 0.717) is 35.5 Å². The van der Waals surface area contributed by atoms with Crippen LogP contribution in [0.1, 0.15) is 31.4 Å². The largest absolute Gasteiger partial charge is 0.494 e. The molecule has 38 heavy (non-hydrogen) atoms. The second kappa shape index (κ2) is 10.8. The van der Waals surface area contributed by atoms with E-state index in [4.69, 9.17) is 9.72 Å². The first kappa shape index (κ1) is 25.7. The fourth-order valence-electron chi connectivity index (χ4n) is 5.52. The smallest absolute Gasteiger partial charge is 0.294 e. The zero-order chi connectivity index (χ0) is 26.8. The quantitative estimate of drug-likeness (QED) is 0.371. The lowest BCUT2D eigenvalue weighted by Gasteiger charge is -2.30. The maximum Gasteiger partial charge on any atom is 0.294 e. The molecule has 200 valence electrons. The van der Waals surface area contributed by atoms with Crippen LogP contribution in [0.4, 0.5) is 23.0 Å². The van der Waals surface area contributed by atoms with E-state index in [1.165, 1.54) is 35.9 Å². The number of anilines is 3. The summed E-state index contributed by atoms with van der Waals surface area (Å²) in [5.41, 5.74) is 5.81. The number of benzene rings is 1. The van der Waals surface area contributed by atoms with Crippen molar-refractivity contribution >= 4 is 28.6 Å². The van der Waals surface area contributed by atoms with Crippen LogP contribution in [0.5, 0.6) is 5.75 Å². The number of fused-ring (bicyclic) bond motifs is 3. The lowest BCUT2D eigenvalue weighted by Crippen LogP contribution is -2.28. The fraction of sp³-hybridized carbons (Fsp3) is 0.429. The van der Waals surface area contributed by atoms with Crippen LogP contribution >= 0.6 is 0 Å². The Hall–Kier alpha value is -3.92. The predicted molar refractivity (Wildman–Crippen MR) is 150 cm³/mol. The molecule has 10 nitrogen and oxygen atoms in total. The molecule has 5 rings (SSSR count). The number of hydrogen-bond acceptors (Lipinski definition) is 9. The molecule has 3 heterocycles. The van der Waals surface area contributed by atoms with Gasteiger partial charge < -0.3 is 24.8 Å². The molecule has 1 N–H and O–H groups in total. The maximum atomic E-state index is 12.0. The van der Waals surface area contributed by atoms with E-state index < -0.39 is 0 Å². The van der Waals surface area contributed by atoms with Crippen molar-refractivity contribution in [2.24, 2.45) is 5.92 Å². The second-order valence-corrected chi connectivity index (χ2v) is 10.2. The Bertz CT molecular complexity index is 1320. The van der Waals surface area contributed by atoms with Gasteiger partial charge >= 0.3 is 0 Å². The first-order valence-electron chi connectivity index (χ1n) is 13.1. The van der Waals surface area contributed by atoms with Crippen molar-refractivity contribution in [3.8, 4) is 5.75 Å². The van der Waals surface area contributed by atoms with Crippen molar-refractivity contribution in [3.05, 3.63) is 69.8 Å². The first-order valence-corrected chi connectivity index (χ1v) is 13.1. The van der Waals surface area contributed by atoms with E-state index in [-0.39, 0.29) is 10.6 Å². The number of rotatable bonds is 9. The molecule has 2 aromatic rings. The average molecular weight is 518 g/mol. The van der Waals surface area contributed by atoms with Gasteiger partial charge in [-0.2, -0.15) is 0 Å². The van der Waals surface area contributed by atoms with Gasteiger partial charge in [0.05, 0.1) is 23.4 Å². The average Bonchev–Trinajstić information content (AvgIpc) is 3.26. The Morgan fingerprint density at radius 3 is 2.84 bits per heavy atom. The van der Waals surface area contributed by atoms with E-state index >= 15 is 0 Å². The van der Waals surface area contributed by atoms with Gasteiger partial charge in [0.15, 0.2) is 0 Å². The summed E-state index contributed by atoms with van der Waals surface area (Å²) in [7, 11) is 7.35. The summed E-state index contributed by atoms with van der Waals surface area (Å²) < 4.78 is 5.63. The molecule has 0 saturated carbocycles. The Morgan fingerprint density at radius 2 is 2.08 bits per heavy atom. The number of hydrogen-bond donors (Lipinski definition) is 1. The van der Waals surface area contributed by atoms with Crippen LogP contribution < -0.4 is 15.0 Å². The van der Waals surface area contributed by atoms with Gasteiger partial charge in [0.25, 0.3) is 5.69 Å². The number of ether oxygens (including phenoxy) is 1.